The summed E-state index contributed by atoms with van der Waals surface area (Å²) in [6.45, 7) is -3.05. The van der Waals surface area contributed by atoms with Crippen LogP contribution in [-0.4, -0.2) is 29.4 Å². The number of hydrogen-bond donors (Lipinski definition) is 6. The van der Waals surface area contributed by atoms with Gasteiger partial charge in [-0.1, -0.05) is 78.1 Å². The fourth-order valence-corrected chi connectivity index (χ4v) is 1.56. The summed E-state index contributed by atoms with van der Waals surface area (Å²) in [5.41, 5.74) is 0. The molecule has 6 nitrogen and oxygen atoms in total. The molecule has 0 aromatic carbocycles. The van der Waals surface area contributed by atoms with E-state index >= 15 is 0 Å². The van der Waals surface area contributed by atoms with Crippen LogP contribution in [0.2, 0.25) is 0 Å². The fraction of sp³-hybridized carbons (Fsp3) is 1.00. The summed E-state index contributed by atoms with van der Waals surface area (Å²) in [5.74, 6) is 0. The van der Waals surface area contributed by atoms with Gasteiger partial charge in [-0.2, -0.15) is 0 Å². The van der Waals surface area contributed by atoms with E-state index in [0.717, 1.165) is 0 Å². The molecule has 0 saturated heterocycles. The third-order valence-electron chi connectivity index (χ3n) is 2.46. The third kappa shape index (κ3) is 97.6. The molecule has 140 valence electrons. The second kappa shape index (κ2) is 21.7. The molecule has 0 atom stereocenters. The summed E-state index contributed by atoms with van der Waals surface area (Å²) in [5, 5.41) is 0. The molecule has 0 amide bonds. The average Bonchev–Trinajstić information content (AvgIpc) is 2.28. The van der Waals surface area contributed by atoms with Gasteiger partial charge in [-0.25, -0.2) is 0 Å². The van der Waals surface area contributed by atoms with Gasteiger partial charge in [0.15, 0.2) is 0 Å². The Bertz CT molecular complexity index is 265. The van der Waals surface area contributed by atoms with Gasteiger partial charge in [-0.3, -0.25) is 0 Å². The van der Waals surface area contributed by atoms with Gasteiger partial charge < -0.3 is 29.4 Å². The first-order valence-electron chi connectivity index (χ1n) is 7.48. The van der Waals surface area contributed by atoms with Gasteiger partial charge in [0.1, 0.15) is 0 Å². The number of rotatable bonds is 9. The molecule has 0 aromatic rings. The van der Waals surface area contributed by atoms with Gasteiger partial charge in [0.2, 0.25) is 0 Å². The van der Waals surface area contributed by atoms with E-state index < -0.39 is 13.4 Å². The Morgan fingerprint density at radius 1 is 0.522 bits per heavy atom. The molecule has 0 aliphatic heterocycles. The van der Waals surface area contributed by atoms with E-state index in [1.807, 2.05) is 0 Å². The zero-order chi connectivity index (χ0) is 18.1. The van der Waals surface area contributed by atoms with E-state index in [2.05, 4.69) is 37.5 Å². The minimum atomic E-state index is -3.81. The predicted molar refractivity (Wildman–Crippen MR) is 99.4 cm³/mol. The summed E-state index contributed by atoms with van der Waals surface area (Å²) in [6, 6.07) is 0. The van der Waals surface area contributed by atoms with Crippen LogP contribution in [0, 0.1) is 0 Å². The van der Waals surface area contributed by atoms with Crippen molar-refractivity contribution in [2.75, 3.05) is 0 Å². The van der Waals surface area contributed by atoms with Gasteiger partial charge in [-0.15, -0.1) is 0 Å². The Kier molecular flexibility index (Phi) is 30.6. The summed E-state index contributed by atoms with van der Waals surface area (Å²) in [4.78, 5) is 45.3. The van der Waals surface area contributed by atoms with Crippen LogP contribution in [0.1, 0.15) is 78.1 Å². The maximum Gasteiger partial charge on any atom is 0.319 e. The van der Waals surface area contributed by atoms with Crippen molar-refractivity contribution in [3.8, 4) is 0 Å². The molecule has 0 fully saturated rings. The van der Waals surface area contributed by atoms with E-state index in [-0.39, 0.29) is 19.5 Å². The second-order valence-corrected chi connectivity index (χ2v) is 9.85. The Balaban J connectivity index is -0.000000137. The van der Waals surface area contributed by atoms with Gasteiger partial charge in [0, 0.05) is 19.5 Å². The van der Waals surface area contributed by atoms with Crippen molar-refractivity contribution in [1.82, 2.24) is 0 Å². The van der Waals surface area contributed by atoms with Crippen LogP contribution in [0.15, 0.2) is 0 Å². The SMILES string of the molecule is CCCCCCCCCCCC.OP(O)(O)=S.OP(O)(O)=S.[Zn]. The van der Waals surface area contributed by atoms with Crippen LogP contribution < -0.4 is 0 Å². The quantitative estimate of drug-likeness (QED) is 0.175. The fourth-order valence-electron chi connectivity index (χ4n) is 1.56. The molecular weight excluding hydrogens is 432 g/mol. The summed E-state index contributed by atoms with van der Waals surface area (Å²) in [6.07, 6.45) is 14.4. The molecular formula is C12H32O6P2S2Zn. The smallest absolute Gasteiger partial charge is 0.319 e. The Hall–Kier alpha value is 1.68. The van der Waals surface area contributed by atoms with Crippen molar-refractivity contribution >= 4 is 37.1 Å². The predicted octanol–water partition coefficient (Wildman–Crippen LogP) is 3.30. The zero-order valence-electron chi connectivity index (χ0n) is 14.2. The van der Waals surface area contributed by atoms with E-state index in [1.165, 1.54) is 64.2 Å². The van der Waals surface area contributed by atoms with Gasteiger partial charge in [0.05, 0.1) is 0 Å². The first-order chi connectivity index (χ1) is 9.91. The maximum absolute atomic E-state index is 7.56. The standard InChI is InChI=1S/C12H26.2H3O3PS.Zn/c1-3-5-7-9-11-12-10-8-6-4-2;2*1-4(2,3)5;/h3-12H2,1-2H3;2*(H3,1,2,3,5);. The minimum Gasteiger partial charge on any atom is -0.325 e. The van der Waals surface area contributed by atoms with Crippen LogP contribution in [-0.2, 0) is 43.1 Å². The monoisotopic (exact) mass is 462 g/mol. The summed E-state index contributed by atoms with van der Waals surface area (Å²) in [7, 11) is 0. The van der Waals surface area contributed by atoms with E-state index in [1.54, 1.807) is 0 Å². The molecule has 0 heterocycles. The molecule has 0 rings (SSSR count). The molecule has 0 radical (unpaired) electrons. The van der Waals surface area contributed by atoms with E-state index in [4.69, 9.17) is 29.4 Å². The molecule has 0 spiro atoms. The van der Waals surface area contributed by atoms with E-state index in [9.17, 15) is 0 Å². The van der Waals surface area contributed by atoms with Crippen molar-refractivity contribution < 1.29 is 48.8 Å². The van der Waals surface area contributed by atoms with Crippen LogP contribution in [0.3, 0.4) is 0 Å². The van der Waals surface area contributed by atoms with Gasteiger partial charge >= 0.3 is 13.4 Å². The number of unbranched alkanes of at least 4 members (excludes halogenated alkanes) is 9. The first kappa shape index (κ1) is 32.4. The summed E-state index contributed by atoms with van der Waals surface area (Å²) >= 11 is 7.21. The largest absolute Gasteiger partial charge is 0.325 e. The molecule has 0 saturated carbocycles. The topological polar surface area (TPSA) is 121 Å². The molecule has 0 aliphatic carbocycles. The molecule has 0 aromatic heterocycles. The first-order valence-corrected chi connectivity index (χ1v) is 12.8. The normalized spacial score (nSPS) is 10.6. The van der Waals surface area contributed by atoms with Gasteiger partial charge in [0.25, 0.3) is 0 Å². The minimum absolute atomic E-state index is 0. The van der Waals surface area contributed by atoms with Crippen LogP contribution in [0.5, 0.6) is 0 Å². The van der Waals surface area contributed by atoms with Crippen LogP contribution in [0.25, 0.3) is 0 Å². The van der Waals surface area contributed by atoms with E-state index in [0.29, 0.717) is 0 Å². The molecule has 0 aliphatic rings. The Morgan fingerprint density at radius 2 is 0.652 bits per heavy atom. The Morgan fingerprint density at radius 3 is 0.783 bits per heavy atom. The van der Waals surface area contributed by atoms with Crippen molar-refractivity contribution in [3.63, 3.8) is 0 Å². The molecule has 0 unspecified atom stereocenters. The van der Waals surface area contributed by atoms with Crippen molar-refractivity contribution in [2.24, 2.45) is 0 Å². The third-order valence-corrected chi connectivity index (χ3v) is 2.46. The molecule has 6 N–H and O–H groups in total. The molecule has 11 heteroatoms. The van der Waals surface area contributed by atoms with Crippen molar-refractivity contribution in [2.45, 2.75) is 78.1 Å². The average molecular weight is 464 g/mol. The number of hydrogen-bond acceptors (Lipinski definition) is 2. The zero-order valence-corrected chi connectivity index (χ0v) is 20.6. The second-order valence-electron chi connectivity index (χ2n) is 4.85. The van der Waals surface area contributed by atoms with Gasteiger partial charge in [-0.05, 0) is 23.6 Å². The van der Waals surface area contributed by atoms with Crippen molar-refractivity contribution in [1.29, 1.82) is 0 Å². The maximum atomic E-state index is 7.56. The Labute approximate surface area is 163 Å². The van der Waals surface area contributed by atoms with Crippen molar-refractivity contribution in [3.05, 3.63) is 0 Å². The summed E-state index contributed by atoms with van der Waals surface area (Å²) < 4.78 is 0. The molecule has 0 bridgehead atoms. The van der Waals surface area contributed by atoms with Crippen LogP contribution in [0.4, 0.5) is 0 Å². The molecule has 23 heavy (non-hydrogen) atoms. The van der Waals surface area contributed by atoms with Crippen LogP contribution >= 0.6 is 13.4 Å².